The lowest BCUT2D eigenvalue weighted by Crippen LogP contribution is -2.43. The number of carbonyl (C=O) groups excluding carboxylic acids is 1. The summed E-state index contributed by atoms with van der Waals surface area (Å²) >= 11 is 0. The monoisotopic (exact) mass is 307 g/mol. The van der Waals surface area contributed by atoms with Crippen molar-refractivity contribution in [2.24, 2.45) is 18.4 Å². The quantitative estimate of drug-likeness (QED) is 0.883. The molecule has 2 radical (unpaired) electrons. The molecule has 2 aromatic rings. The van der Waals surface area contributed by atoms with E-state index in [1.807, 2.05) is 23.9 Å². The number of fused-ring (bicyclic) bond motifs is 4. The van der Waals surface area contributed by atoms with Gasteiger partial charge < -0.3 is 9.88 Å². The molecule has 5 rings (SSSR count). The third kappa shape index (κ3) is 2.46. The highest BCUT2D eigenvalue weighted by Gasteiger charge is 2.40. The van der Waals surface area contributed by atoms with Crippen LogP contribution in [0, 0.1) is 11.3 Å². The van der Waals surface area contributed by atoms with E-state index in [1.165, 1.54) is 38.5 Å². The van der Waals surface area contributed by atoms with Crippen molar-refractivity contribution in [3.05, 3.63) is 24.0 Å². The van der Waals surface area contributed by atoms with Gasteiger partial charge in [0, 0.05) is 31.4 Å². The van der Waals surface area contributed by atoms with Crippen molar-refractivity contribution in [3.8, 4) is 0 Å². The van der Waals surface area contributed by atoms with Gasteiger partial charge in [-0.15, -0.1) is 0 Å². The molecular formula is C18H22BN3O. The van der Waals surface area contributed by atoms with Crippen molar-refractivity contribution in [2.75, 3.05) is 6.54 Å². The summed E-state index contributed by atoms with van der Waals surface area (Å²) < 4.78 is 1.94. The average Bonchev–Trinajstić information content (AvgIpc) is 2.93. The van der Waals surface area contributed by atoms with Gasteiger partial charge in [0.15, 0.2) is 0 Å². The minimum atomic E-state index is -0.0302. The third-order valence-electron chi connectivity index (χ3n) is 6.05. The van der Waals surface area contributed by atoms with Crippen molar-refractivity contribution >= 4 is 30.2 Å². The third-order valence-corrected chi connectivity index (χ3v) is 6.05. The number of nitrogens with zero attached hydrogens (tertiary/aromatic N) is 2. The second-order valence-electron chi connectivity index (χ2n) is 7.41. The summed E-state index contributed by atoms with van der Waals surface area (Å²) in [6.07, 6.45) is 11.3. The number of rotatable bonds is 3. The molecule has 1 N–H and O–H groups in total. The Bertz CT molecular complexity index is 745. The molecule has 0 saturated heterocycles. The largest absolute Gasteiger partial charge is 0.351 e. The van der Waals surface area contributed by atoms with Gasteiger partial charge in [0.25, 0.3) is 5.91 Å². The Morgan fingerprint density at radius 3 is 2.78 bits per heavy atom. The highest BCUT2D eigenvalue weighted by molar-refractivity contribution is 6.38. The smallest absolute Gasteiger partial charge is 0.253 e. The molecule has 0 atom stereocenters. The second kappa shape index (κ2) is 5.39. The normalized spacial score (nSPS) is 26.6. The van der Waals surface area contributed by atoms with Crippen LogP contribution in [0.15, 0.2) is 18.5 Å². The first-order valence-electron chi connectivity index (χ1n) is 8.56. The number of hydrogen-bond donors (Lipinski definition) is 1. The molecule has 5 heteroatoms. The summed E-state index contributed by atoms with van der Waals surface area (Å²) in [7, 11) is 7.93. The van der Waals surface area contributed by atoms with Gasteiger partial charge in [0.1, 0.15) is 7.85 Å². The van der Waals surface area contributed by atoms with Crippen LogP contribution in [-0.2, 0) is 7.05 Å². The molecule has 3 aliphatic carbocycles. The Balaban J connectivity index is 1.56. The van der Waals surface area contributed by atoms with Gasteiger partial charge in [-0.05, 0) is 61.5 Å². The van der Waals surface area contributed by atoms with Crippen molar-refractivity contribution < 1.29 is 4.79 Å². The van der Waals surface area contributed by atoms with Gasteiger partial charge in [0.2, 0.25) is 0 Å². The van der Waals surface area contributed by atoms with E-state index in [0.29, 0.717) is 16.6 Å². The van der Waals surface area contributed by atoms with Crippen LogP contribution < -0.4 is 10.9 Å². The molecule has 3 fully saturated rings. The van der Waals surface area contributed by atoms with Crippen LogP contribution in [0.3, 0.4) is 0 Å². The molecule has 2 heterocycles. The number of carbonyl (C=O) groups is 1. The number of pyridine rings is 1. The summed E-state index contributed by atoms with van der Waals surface area (Å²) in [6.45, 7) is 0.787. The summed E-state index contributed by atoms with van der Waals surface area (Å²) in [4.78, 5) is 16.9. The Morgan fingerprint density at radius 1 is 1.39 bits per heavy atom. The van der Waals surface area contributed by atoms with Crippen LogP contribution >= 0.6 is 0 Å². The molecule has 1 amide bonds. The predicted octanol–water partition coefficient (Wildman–Crippen LogP) is 2.07. The van der Waals surface area contributed by atoms with Gasteiger partial charge >= 0.3 is 0 Å². The zero-order chi connectivity index (χ0) is 16.0. The van der Waals surface area contributed by atoms with E-state index in [-0.39, 0.29) is 5.91 Å². The molecule has 3 saturated carbocycles. The maximum Gasteiger partial charge on any atom is 0.253 e. The molecule has 2 aromatic heterocycles. The van der Waals surface area contributed by atoms with Gasteiger partial charge in [-0.25, -0.2) is 0 Å². The number of aromatic nitrogens is 2. The van der Waals surface area contributed by atoms with Gasteiger partial charge in [0.05, 0.1) is 11.1 Å². The maximum absolute atomic E-state index is 12.7. The first-order valence-corrected chi connectivity index (χ1v) is 8.56. The highest BCUT2D eigenvalue weighted by atomic mass is 16.1. The van der Waals surface area contributed by atoms with Crippen LogP contribution in [0.5, 0.6) is 0 Å². The summed E-state index contributed by atoms with van der Waals surface area (Å²) in [5, 5.41) is 3.94. The van der Waals surface area contributed by atoms with E-state index in [4.69, 9.17) is 7.85 Å². The molecule has 0 unspecified atom stereocenters. The molecule has 0 aromatic carbocycles. The van der Waals surface area contributed by atoms with Crippen LogP contribution in [0.25, 0.3) is 10.9 Å². The molecule has 118 valence electrons. The van der Waals surface area contributed by atoms with E-state index in [2.05, 4.69) is 10.3 Å². The van der Waals surface area contributed by atoms with Gasteiger partial charge in [-0.3, -0.25) is 9.78 Å². The zero-order valence-electron chi connectivity index (χ0n) is 13.6. The summed E-state index contributed by atoms with van der Waals surface area (Å²) in [6, 6.07) is 1.89. The first-order chi connectivity index (χ1) is 11.1. The fraction of sp³-hybridized carbons (Fsp3) is 0.556. The lowest BCUT2D eigenvalue weighted by Gasteiger charge is -2.46. The Kier molecular flexibility index (Phi) is 3.47. The van der Waals surface area contributed by atoms with Crippen molar-refractivity contribution in [2.45, 2.75) is 38.5 Å². The van der Waals surface area contributed by atoms with Crippen LogP contribution in [0.1, 0.15) is 48.9 Å². The number of amides is 1. The van der Waals surface area contributed by atoms with Crippen molar-refractivity contribution in [1.29, 1.82) is 0 Å². The molecule has 4 nitrogen and oxygen atoms in total. The average molecular weight is 307 g/mol. The lowest BCUT2D eigenvalue weighted by molar-refractivity contribution is 0.0598. The molecule has 0 spiro atoms. The topological polar surface area (TPSA) is 46.9 Å². The number of hydrogen-bond acceptors (Lipinski definition) is 2. The summed E-state index contributed by atoms with van der Waals surface area (Å²) in [5.74, 6) is 0.911. The maximum atomic E-state index is 12.7. The number of aryl methyl sites for hydroxylation is 1. The van der Waals surface area contributed by atoms with Crippen LogP contribution in [0.4, 0.5) is 0 Å². The molecule has 3 aliphatic rings. The molecule has 23 heavy (non-hydrogen) atoms. The van der Waals surface area contributed by atoms with Gasteiger partial charge in [-0.2, -0.15) is 0 Å². The van der Waals surface area contributed by atoms with E-state index in [1.54, 1.807) is 6.20 Å². The second-order valence-corrected chi connectivity index (χ2v) is 7.41. The fourth-order valence-electron chi connectivity index (χ4n) is 4.50. The fourth-order valence-corrected chi connectivity index (χ4v) is 4.50. The van der Waals surface area contributed by atoms with E-state index in [9.17, 15) is 4.79 Å². The highest BCUT2D eigenvalue weighted by Crippen LogP contribution is 2.49. The SMILES string of the molecule is [B]c1nccc2c1c(C(=O)NCC13CCC(CC1)CC3)cn2C. The van der Waals surface area contributed by atoms with Crippen LogP contribution in [0.2, 0.25) is 0 Å². The van der Waals surface area contributed by atoms with Crippen LogP contribution in [-0.4, -0.2) is 29.8 Å². The van der Waals surface area contributed by atoms with E-state index >= 15 is 0 Å². The van der Waals surface area contributed by atoms with Crippen molar-refractivity contribution in [1.82, 2.24) is 14.9 Å². The van der Waals surface area contributed by atoms with E-state index < -0.39 is 0 Å². The zero-order valence-corrected chi connectivity index (χ0v) is 13.6. The predicted molar refractivity (Wildman–Crippen MR) is 92.1 cm³/mol. The Morgan fingerprint density at radius 2 is 2.09 bits per heavy atom. The Labute approximate surface area is 138 Å². The Hall–Kier alpha value is -1.78. The molecule has 2 bridgehead atoms. The molecule has 0 aliphatic heterocycles. The minimum absolute atomic E-state index is 0.0302. The van der Waals surface area contributed by atoms with Crippen molar-refractivity contribution in [3.63, 3.8) is 0 Å². The lowest BCUT2D eigenvalue weighted by atomic mass is 9.61. The first kappa shape index (κ1) is 14.8. The summed E-state index contributed by atoms with van der Waals surface area (Å²) in [5.41, 5.74) is 2.33. The molecular weight excluding hydrogens is 285 g/mol. The number of nitrogens with one attached hydrogen (secondary N) is 1. The van der Waals surface area contributed by atoms with Gasteiger partial charge in [-0.1, -0.05) is 0 Å². The standard InChI is InChI=1S/C18H22BN3O/c1-22-10-13(15-14(22)5-9-20-16(15)19)17(23)21-11-18-6-2-12(3-7-18)4-8-18/h5,9-10,12H,2-4,6-8,11H2,1H3,(H,21,23). The van der Waals surface area contributed by atoms with E-state index in [0.717, 1.165) is 23.4 Å². The minimum Gasteiger partial charge on any atom is -0.351 e.